The van der Waals surface area contributed by atoms with E-state index in [9.17, 15) is 4.79 Å². The molecular weight excluding hydrogens is 294 g/mol. The van der Waals surface area contributed by atoms with E-state index in [1.54, 1.807) is 18.3 Å². The Morgan fingerprint density at radius 3 is 3.14 bits per heavy atom. The second-order valence-electron chi connectivity index (χ2n) is 4.04. The van der Waals surface area contributed by atoms with Crippen molar-refractivity contribution in [3.05, 3.63) is 29.0 Å². The minimum atomic E-state index is -0.448. The molecule has 0 saturated heterocycles. The maximum absolute atomic E-state index is 11.6. The van der Waals surface area contributed by atoms with Crippen LogP contribution in [0.5, 0.6) is 0 Å². The summed E-state index contributed by atoms with van der Waals surface area (Å²) < 4.78 is 5.59. The zero-order valence-electron chi connectivity index (χ0n) is 11.0. The van der Waals surface area contributed by atoms with Crippen molar-refractivity contribution >= 4 is 23.3 Å². The third-order valence-electron chi connectivity index (χ3n) is 2.61. The number of aromatic amines is 1. The van der Waals surface area contributed by atoms with Gasteiger partial charge >= 0.3 is 6.03 Å². The number of hydrogen-bond acceptors (Lipinski definition) is 7. The van der Waals surface area contributed by atoms with Gasteiger partial charge in [0.25, 0.3) is 5.95 Å². The number of rotatable bonds is 4. The van der Waals surface area contributed by atoms with Gasteiger partial charge in [-0.05, 0) is 23.6 Å². The van der Waals surface area contributed by atoms with Gasteiger partial charge in [0, 0.05) is 0 Å². The molecule has 0 fully saturated rings. The molecule has 10 heteroatoms. The van der Waals surface area contributed by atoms with Crippen molar-refractivity contribution in [2.75, 3.05) is 5.32 Å². The Hall–Kier alpha value is -2.75. The van der Waals surface area contributed by atoms with Crippen LogP contribution in [0.1, 0.15) is 11.5 Å². The van der Waals surface area contributed by atoms with Crippen LogP contribution in [0.2, 0.25) is 0 Å². The summed E-state index contributed by atoms with van der Waals surface area (Å²) >= 11 is 1.54. The van der Waals surface area contributed by atoms with Gasteiger partial charge in [-0.2, -0.15) is 5.21 Å². The molecule has 9 nitrogen and oxygen atoms in total. The van der Waals surface area contributed by atoms with Crippen LogP contribution < -0.4 is 10.6 Å². The van der Waals surface area contributed by atoms with E-state index in [2.05, 4.69) is 36.2 Å². The number of oxazole rings is 1. The van der Waals surface area contributed by atoms with E-state index in [-0.39, 0.29) is 12.5 Å². The first-order valence-corrected chi connectivity index (χ1v) is 6.89. The number of urea groups is 1. The molecule has 0 aliphatic carbocycles. The number of thiophene rings is 1. The lowest BCUT2D eigenvalue weighted by Crippen LogP contribution is -2.29. The highest BCUT2D eigenvalue weighted by Crippen LogP contribution is 2.25. The molecule has 0 radical (unpaired) electrons. The average molecular weight is 305 g/mol. The van der Waals surface area contributed by atoms with Crippen LogP contribution in [0, 0.1) is 6.92 Å². The first-order chi connectivity index (χ1) is 10.2. The zero-order valence-corrected chi connectivity index (χ0v) is 11.8. The molecule has 3 heterocycles. The number of amides is 2. The highest BCUT2D eigenvalue weighted by atomic mass is 32.1. The van der Waals surface area contributed by atoms with Gasteiger partial charge in [-0.1, -0.05) is 11.2 Å². The molecule has 0 atom stereocenters. The van der Waals surface area contributed by atoms with E-state index in [1.807, 2.05) is 17.5 Å². The molecule has 0 unspecified atom stereocenters. The predicted octanol–water partition coefficient (Wildman–Crippen LogP) is 1.55. The molecule has 0 aliphatic rings. The maximum Gasteiger partial charge on any atom is 0.322 e. The summed E-state index contributed by atoms with van der Waals surface area (Å²) in [5.74, 6) is 1.32. The average Bonchev–Trinajstić information content (AvgIpc) is 3.17. The molecule has 3 aromatic heterocycles. The molecule has 21 heavy (non-hydrogen) atoms. The molecule has 3 aromatic rings. The van der Waals surface area contributed by atoms with E-state index in [0.29, 0.717) is 17.3 Å². The largest absolute Gasteiger partial charge is 0.440 e. The summed E-state index contributed by atoms with van der Waals surface area (Å²) in [7, 11) is 0. The fourth-order valence-electron chi connectivity index (χ4n) is 1.62. The molecule has 0 aromatic carbocycles. The van der Waals surface area contributed by atoms with Crippen molar-refractivity contribution in [2.45, 2.75) is 13.5 Å². The van der Waals surface area contributed by atoms with Gasteiger partial charge in [0.2, 0.25) is 5.89 Å². The molecule has 0 saturated carbocycles. The number of H-pyrrole nitrogens is 1. The van der Waals surface area contributed by atoms with E-state index < -0.39 is 6.03 Å². The van der Waals surface area contributed by atoms with E-state index >= 15 is 0 Å². The summed E-state index contributed by atoms with van der Waals surface area (Å²) in [6.07, 6.45) is 0. The lowest BCUT2D eigenvalue weighted by atomic mass is 10.3. The SMILES string of the molecule is Cc1oc(-c2cccs2)nc1CNC(=O)Nc1nn[nH]n1. The van der Waals surface area contributed by atoms with Crippen molar-refractivity contribution in [1.29, 1.82) is 0 Å². The predicted molar refractivity (Wildman–Crippen MR) is 74.6 cm³/mol. The van der Waals surface area contributed by atoms with Crippen molar-refractivity contribution in [3.63, 3.8) is 0 Å². The second kappa shape index (κ2) is 5.71. The first kappa shape index (κ1) is 13.2. The van der Waals surface area contributed by atoms with Crippen LogP contribution in [0.4, 0.5) is 10.7 Å². The van der Waals surface area contributed by atoms with Gasteiger partial charge in [0.1, 0.15) is 11.5 Å². The summed E-state index contributed by atoms with van der Waals surface area (Å²) in [6.45, 7) is 2.04. The number of hydrogen-bond donors (Lipinski definition) is 3. The lowest BCUT2D eigenvalue weighted by molar-refractivity contribution is 0.251. The van der Waals surface area contributed by atoms with Crippen molar-refractivity contribution in [1.82, 2.24) is 30.9 Å². The van der Waals surface area contributed by atoms with Gasteiger partial charge in [-0.3, -0.25) is 5.32 Å². The maximum atomic E-state index is 11.6. The van der Waals surface area contributed by atoms with Crippen LogP contribution in [-0.2, 0) is 6.54 Å². The number of nitrogens with zero attached hydrogens (tertiary/aromatic N) is 4. The fraction of sp³-hybridized carbons (Fsp3) is 0.182. The molecular formula is C11H11N7O2S. The quantitative estimate of drug-likeness (QED) is 0.672. The lowest BCUT2D eigenvalue weighted by Gasteiger charge is -2.02. The minimum Gasteiger partial charge on any atom is -0.440 e. The zero-order chi connectivity index (χ0) is 14.7. The number of aromatic nitrogens is 5. The standard InChI is InChI=1S/C11H11N7O2S/c1-6-7(13-9(20-6)8-3-2-4-21-8)5-12-11(19)14-10-15-17-18-16-10/h2-4H,5H2,1H3,(H3,12,14,15,16,17,18,19). The molecule has 3 rings (SSSR count). The van der Waals surface area contributed by atoms with Crippen molar-refractivity contribution in [2.24, 2.45) is 0 Å². The van der Waals surface area contributed by atoms with E-state index in [4.69, 9.17) is 4.42 Å². The third kappa shape index (κ3) is 3.05. The van der Waals surface area contributed by atoms with Crippen LogP contribution >= 0.6 is 11.3 Å². The Labute approximate surface area is 122 Å². The summed E-state index contributed by atoms with van der Waals surface area (Å²) in [5, 5.41) is 19.8. The van der Waals surface area contributed by atoms with Crippen LogP contribution in [0.25, 0.3) is 10.8 Å². The molecule has 0 aliphatic heterocycles. The van der Waals surface area contributed by atoms with Gasteiger partial charge in [0.15, 0.2) is 0 Å². The highest BCUT2D eigenvalue weighted by molar-refractivity contribution is 7.13. The number of nitrogens with one attached hydrogen (secondary N) is 3. The topological polar surface area (TPSA) is 122 Å². The van der Waals surface area contributed by atoms with Crippen LogP contribution in [0.15, 0.2) is 21.9 Å². The summed E-state index contributed by atoms with van der Waals surface area (Å²) in [5.41, 5.74) is 0.668. The van der Waals surface area contributed by atoms with Crippen LogP contribution in [-0.4, -0.2) is 31.6 Å². The summed E-state index contributed by atoms with van der Waals surface area (Å²) in [4.78, 5) is 16.9. The van der Waals surface area contributed by atoms with E-state index in [0.717, 1.165) is 4.88 Å². The Kier molecular flexibility index (Phi) is 3.60. The fourth-order valence-corrected chi connectivity index (χ4v) is 2.27. The van der Waals surface area contributed by atoms with Crippen molar-refractivity contribution in [3.8, 4) is 10.8 Å². The van der Waals surface area contributed by atoms with Crippen molar-refractivity contribution < 1.29 is 9.21 Å². The number of tetrazole rings is 1. The Bertz CT molecular complexity index is 720. The number of anilines is 1. The summed E-state index contributed by atoms with van der Waals surface area (Å²) in [6, 6.07) is 3.41. The first-order valence-electron chi connectivity index (χ1n) is 6.01. The Balaban J connectivity index is 1.61. The van der Waals surface area contributed by atoms with E-state index in [1.165, 1.54) is 0 Å². The van der Waals surface area contributed by atoms with Gasteiger partial charge < -0.3 is 9.73 Å². The third-order valence-corrected chi connectivity index (χ3v) is 3.47. The highest BCUT2D eigenvalue weighted by Gasteiger charge is 2.13. The Morgan fingerprint density at radius 2 is 2.43 bits per heavy atom. The normalized spacial score (nSPS) is 10.5. The molecule has 3 N–H and O–H groups in total. The molecule has 0 bridgehead atoms. The second-order valence-corrected chi connectivity index (χ2v) is 4.99. The molecule has 0 spiro atoms. The van der Waals surface area contributed by atoms with Gasteiger partial charge in [0.05, 0.1) is 11.4 Å². The minimum absolute atomic E-state index is 0.101. The monoisotopic (exact) mass is 305 g/mol. The number of aryl methyl sites for hydroxylation is 1. The van der Waals surface area contributed by atoms with Gasteiger partial charge in [-0.15, -0.1) is 16.4 Å². The Morgan fingerprint density at radius 1 is 1.52 bits per heavy atom. The van der Waals surface area contributed by atoms with Crippen LogP contribution in [0.3, 0.4) is 0 Å². The van der Waals surface area contributed by atoms with Gasteiger partial charge in [-0.25, -0.2) is 9.78 Å². The number of carbonyl (C=O) groups excluding carboxylic acids is 1. The smallest absolute Gasteiger partial charge is 0.322 e. The molecule has 2 amide bonds. The molecule has 108 valence electrons. The number of carbonyl (C=O) groups is 1.